The van der Waals surface area contributed by atoms with Crippen LogP contribution in [-0.2, 0) is 27.3 Å². The van der Waals surface area contributed by atoms with Crippen molar-refractivity contribution in [3.05, 3.63) is 47.5 Å². The zero-order chi connectivity index (χ0) is 15.9. The number of benzene rings is 1. The molecular formula is C16H28O3Si2. The first-order valence-corrected chi connectivity index (χ1v) is 11.6. The van der Waals surface area contributed by atoms with Crippen molar-refractivity contribution >= 4 is 19.5 Å². The zero-order valence-corrected chi connectivity index (χ0v) is 16.5. The molecule has 0 radical (unpaired) electrons. The van der Waals surface area contributed by atoms with Crippen LogP contribution in [0.4, 0.5) is 0 Å². The summed E-state index contributed by atoms with van der Waals surface area (Å²) in [5.74, 6) is 0. The minimum absolute atomic E-state index is 0.0605. The molecule has 0 amide bonds. The predicted octanol–water partition coefficient (Wildman–Crippen LogP) is 1.81. The van der Waals surface area contributed by atoms with Gasteiger partial charge in [-0.2, -0.15) is 0 Å². The molecule has 1 aromatic rings. The number of rotatable bonds is 9. The molecule has 0 fully saturated rings. The highest BCUT2D eigenvalue weighted by Crippen LogP contribution is 2.33. The fourth-order valence-electron chi connectivity index (χ4n) is 2.59. The van der Waals surface area contributed by atoms with Crippen LogP contribution in [-0.4, -0.2) is 30.9 Å². The van der Waals surface area contributed by atoms with Gasteiger partial charge in [-0.1, -0.05) is 51.2 Å². The van der Waals surface area contributed by atoms with E-state index >= 15 is 0 Å². The normalized spacial score (nSPS) is 14.3. The summed E-state index contributed by atoms with van der Waals surface area (Å²) in [5.41, 5.74) is 3.13. The highest BCUT2D eigenvalue weighted by molar-refractivity contribution is 6.26. The fraction of sp³-hybridized carbons (Fsp3) is 0.500. The Bertz CT molecular complexity index is 455. The Morgan fingerprint density at radius 3 is 2.38 bits per heavy atom. The number of aliphatic hydroxyl groups is 1. The number of hydrogen-bond acceptors (Lipinski definition) is 3. The van der Waals surface area contributed by atoms with Crippen LogP contribution >= 0.6 is 0 Å². The molecule has 5 heteroatoms. The smallest absolute Gasteiger partial charge is 0.161 e. The summed E-state index contributed by atoms with van der Waals surface area (Å²) in [5, 5.41) is 9.34. The Labute approximate surface area is 133 Å². The first-order chi connectivity index (χ1) is 10.0. The Balaban J connectivity index is 3.23. The lowest BCUT2D eigenvalue weighted by atomic mass is 9.80. The topological polar surface area (TPSA) is 38.7 Å². The number of hydrogen-bond donors (Lipinski definition) is 1. The molecule has 0 bridgehead atoms. The second-order valence-electron chi connectivity index (χ2n) is 5.61. The third-order valence-electron chi connectivity index (χ3n) is 3.64. The molecule has 1 aromatic carbocycles. The third kappa shape index (κ3) is 4.62. The largest absolute Gasteiger partial charge is 0.400 e. The van der Waals surface area contributed by atoms with Crippen LogP contribution in [0.3, 0.4) is 0 Å². The zero-order valence-electron chi connectivity index (χ0n) is 13.7. The van der Waals surface area contributed by atoms with Crippen molar-refractivity contribution in [2.75, 3.05) is 0 Å². The molecule has 0 saturated carbocycles. The van der Waals surface area contributed by atoms with Crippen molar-refractivity contribution in [1.29, 1.82) is 0 Å². The van der Waals surface area contributed by atoms with Gasteiger partial charge in [0.05, 0.1) is 6.61 Å². The lowest BCUT2D eigenvalue weighted by Crippen LogP contribution is -2.40. The van der Waals surface area contributed by atoms with Gasteiger partial charge in [0.15, 0.2) is 19.5 Å². The molecular weight excluding hydrogens is 296 g/mol. The quantitative estimate of drug-likeness (QED) is 0.428. The molecule has 0 aromatic heterocycles. The van der Waals surface area contributed by atoms with Crippen molar-refractivity contribution < 1.29 is 14.0 Å². The fourth-order valence-corrected chi connectivity index (χ4v) is 4.42. The Morgan fingerprint density at radius 1 is 1.29 bits per heavy atom. The lowest BCUT2D eigenvalue weighted by molar-refractivity contribution is -0.0435. The third-order valence-corrected chi connectivity index (χ3v) is 4.91. The van der Waals surface area contributed by atoms with E-state index in [2.05, 4.69) is 45.7 Å². The van der Waals surface area contributed by atoms with E-state index in [1.807, 2.05) is 12.1 Å². The Hall–Kier alpha value is -0.726. The minimum atomic E-state index is -0.537. The first kappa shape index (κ1) is 18.3. The molecule has 0 aliphatic rings. The molecule has 1 N–H and O–H groups in total. The highest BCUT2D eigenvalue weighted by atomic mass is 28.2. The van der Waals surface area contributed by atoms with Crippen LogP contribution in [0.2, 0.25) is 13.1 Å². The lowest BCUT2D eigenvalue weighted by Gasteiger charge is -2.36. The van der Waals surface area contributed by atoms with Crippen molar-refractivity contribution in [3.63, 3.8) is 0 Å². The van der Waals surface area contributed by atoms with Gasteiger partial charge in [-0.25, -0.2) is 0 Å². The van der Waals surface area contributed by atoms with E-state index in [0.29, 0.717) is 0 Å². The van der Waals surface area contributed by atoms with Gasteiger partial charge in [0.2, 0.25) is 0 Å². The predicted molar refractivity (Wildman–Crippen MR) is 94.1 cm³/mol. The van der Waals surface area contributed by atoms with Gasteiger partial charge in [-0.05, 0) is 23.1 Å². The molecule has 0 aliphatic heterocycles. The van der Waals surface area contributed by atoms with Gasteiger partial charge >= 0.3 is 0 Å². The van der Waals surface area contributed by atoms with E-state index < -0.39 is 19.5 Å². The summed E-state index contributed by atoms with van der Waals surface area (Å²) in [6.07, 6.45) is 2.51. The van der Waals surface area contributed by atoms with Crippen molar-refractivity contribution in [2.24, 2.45) is 0 Å². The van der Waals surface area contributed by atoms with E-state index in [0.717, 1.165) is 12.0 Å². The molecule has 0 saturated heterocycles. The minimum Gasteiger partial charge on any atom is -0.400 e. The maximum atomic E-state index is 9.34. The van der Waals surface area contributed by atoms with Crippen LogP contribution in [0.1, 0.15) is 30.5 Å². The van der Waals surface area contributed by atoms with E-state index in [1.54, 1.807) is 0 Å². The molecule has 0 heterocycles. The van der Waals surface area contributed by atoms with Crippen LogP contribution in [0.15, 0.2) is 30.9 Å². The number of allylic oxidation sites excluding steroid dienone is 1. The van der Waals surface area contributed by atoms with E-state index in [1.165, 1.54) is 11.1 Å². The first-order valence-electron chi connectivity index (χ1n) is 7.58. The van der Waals surface area contributed by atoms with Crippen LogP contribution < -0.4 is 0 Å². The average Bonchev–Trinajstić information content (AvgIpc) is 2.47. The molecule has 0 atom stereocenters. The van der Waals surface area contributed by atoms with Crippen molar-refractivity contribution in [1.82, 2.24) is 0 Å². The van der Waals surface area contributed by atoms with Crippen LogP contribution in [0.25, 0.3) is 0 Å². The highest BCUT2D eigenvalue weighted by Gasteiger charge is 2.33. The molecule has 1 rings (SSSR count). The maximum absolute atomic E-state index is 9.34. The maximum Gasteiger partial charge on any atom is 0.161 e. The number of aliphatic hydroxyl groups excluding tert-OH is 1. The molecule has 0 aliphatic carbocycles. The summed E-state index contributed by atoms with van der Waals surface area (Å²) >= 11 is 0. The van der Waals surface area contributed by atoms with Crippen LogP contribution in [0.5, 0.6) is 0 Å². The second kappa shape index (κ2) is 8.65. The standard InChI is InChI=1S/C16H28O3Si2/c1-6-7-13-10-12(11-17)8-9-14(13)16(2,3)15(18-20-4)19-21-5/h6,8-10,15,17H,1,7,11,20-21H2,2-5H3. The SMILES string of the molecule is C=CCc1cc(CO)ccc1C(C)(C)C(O[SiH2]C)O[SiH2]C. The van der Waals surface area contributed by atoms with E-state index in [4.69, 9.17) is 8.85 Å². The molecule has 21 heavy (non-hydrogen) atoms. The van der Waals surface area contributed by atoms with Gasteiger partial charge in [-0.3, -0.25) is 0 Å². The van der Waals surface area contributed by atoms with Crippen molar-refractivity contribution in [2.45, 2.75) is 51.7 Å². The summed E-state index contributed by atoms with van der Waals surface area (Å²) in [6.45, 7) is 12.5. The van der Waals surface area contributed by atoms with E-state index in [9.17, 15) is 5.11 Å². The van der Waals surface area contributed by atoms with Gasteiger partial charge in [-0.15, -0.1) is 6.58 Å². The summed E-state index contributed by atoms with van der Waals surface area (Å²) in [4.78, 5) is 0. The Kier molecular flexibility index (Phi) is 7.55. The van der Waals surface area contributed by atoms with Gasteiger partial charge < -0.3 is 14.0 Å². The molecule has 3 nitrogen and oxygen atoms in total. The Morgan fingerprint density at radius 2 is 1.90 bits per heavy atom. The van der Waals surface area contributed by atoms with Gasteiger partial charge in [0.1, 0.15) is 6.29 Å². The summed E-state index contributed by atoms with van der Waals surface area (Å²) in [6, 6.07) is 6.13. The van der Waals surface area contributed by atoms with Gasteiger partial charge in [0, 0.05) is 5.41 Å². The summed E-state index contributed by atoms with van der Waals surface area (Å²) in [7, 11) is -1.07. The summed E-state index contributed by atoms with van der Waals surface area (Å²) < 4.78 is 11.9. The molecule has 118 valence electrons. The van der Waals surface area contributed by atoms with Crippen LogP contribution in [0, 0.1) is 0 Å². The average molecular weight is 325 g/mol. The van der Waals surface area contributed by atoms with E-state index in [-0.39, 0.29) is 18.3 Å². The molecule has 0 spiro atoms. The monoisotopic (exact) mass is 324 g/mol. The van der Waals surface area contributed by atoms with Crippen molar-refractivity contribution in [3.8, 4) is 0 Å². The van der Waals surface area contributed by atoms with Gasteiger partial charge in [0.25, 0.3) is 0 Å². The molecule has 0 unspecified atom stereocenters. The second-order valence-corrected chi connectivity index (χ2v) is 7.43.